The van der Waals surface area contributed by atoms with Crippen molar-refractivity contribution in [2.24, 2.45) is 0 Å². The lowest BCUT2D eigenvalue weighted by molar-refractivity contribution is 1.02. The monoisotopic (exact) mass is 230 g/mol. The molecule has 0 atom stereocenters. The van der Waals surface area contributed by atoms with Gasteiger partial charge in [0, 0.05) is 5.56 Å². The second-order valence-corrected chi connectivity index (χ2v) is 4.53. The van der Waals surface area contributed by atoms with Crippen molar-refractivity contribution < 1.29 is 0 Å². The molecule has 0 aliphatic carbocycles. The molecule has 82 valence electrons. The first-order valence-electron chi connectivity index (χ1n) is 5.21. The third-order valence-corrected chi connectivity index (χ3v) is 3.03. The van der Waals surface area contributed by atoms with Gasteiger partial charge in [0.15, 0.2) is 0 Å². The molecule has 1 heterocycles. The maximum Gasteiger partial charge on any atom is 0.120 e. The minimum atomic E-state index is 0.662. The fourth-order valence-corrected chi connectivity index (χ4v) is 1.97. The van der Waals surface area contributed by atoms with Crippen molar-refractivity contribution in [1.29, 1.82) is 0 Å². The Balaban J connectivity index is 2.65. The zero-order valence-corrected chi connectivity index (χ0v) is 10.5. The number of aromatic nitrogens is 2. The predicted molar refractivity (Wildman–Crippen MR) is 69.1 cm³/mol. The van der Waals surface area contributed by atoms with E-state index in [9.17, 15) is 0 Å². The third kappa shape index (κ3) is 2.04. The number of aromatic amines is 1. The number of benzene rings is 1. The van der Waals surface area contributed by atoms with Gasteiger partial charge >= 0.3 is 0 Å². The molecular weight excluding hydrogens is 216 g/mol. The normalized spacial score (nSPS) is 10.4. The van der Waals surface area contributed by atoms with E-state index in [2.05, 4.69) is 43.1 Å². The molecule has 0 aliphatic heterocycles. The number of hydrogen-bond donors (Lipinski definition) is 1. The molecule has 2 nitrogen and oxygen atoms in total. The molecule has 0 bridgehead atoms. The lowest BCUT2D eigenvalue weighted by Crippen LogP contribution is -1.90. The van der Waals surface area contributed by atoms with E-state index in [1.807, 2.05) is 12.3 Å². The number of nitrogens with one attached hydrogen (secondary N) is 1. The van der Waals surface area contributed by atoms with Crippen LogP contribution in [0.15, 0.2) is 24.4 Å². The predicted octanol–water partition coefficient (Wildman–Crippen LogP) is 3.73. The van der Waals surface area contributed by atoms with Crippen molar-refractivity contribution in [2.45, 2.75) is 20.8 Å². The molecule has 3 heteroatoms. The lowest BCUT2D eigenvalue weighted by Gasteiger charge is -2.09. The molecule has 0 saturated heterocycles. The highest BCUT2D eigenvalue weighted by molar-refractivity contribution is 7.71. The Labute approximate surface area is 100 Å². The van der Waals surface area contributed by atoms with Crippen LogP contribution in [-0.2, 0) is 0 Å². The van der Waals surface area contributed by atoms with Crippen LogP contribution in [0, 0.1) is 25.4 Å². The summed E-state index contributed by atoms with van der Waals surface area (Å²) in [5.41, 5.74) is 6.14. The van der Waals surface area contributed by atoms with Crippen LogP contribution in [0.3, 0.4) is 0 Å². The average molecular weight is 230 g/mol. The van der Waals surface area contributed by atoms with E-state index in [0.29, 0.717) is 4.64 Å². The van der Waals surface area contributed by atoms with Crippen molar-refractivity contribution in [1.82, 2.24) is 10.2 Å². The van der Waals surface area contributed by atoms with Gasteiger partial charge in [-0.25, -0.2) is 0 Å². The maximum absolute atomic E-state index is 5.08. The summed E-state index contributed by atoms with van der Waals surface area (Å²) in [7, 11) is 0. The van der Waals surface area contributed by atoms with E-state index >= 15 is 0 Å². The first kappa shape index (κ1) is 11.0. The number of hydrogen-bond acceptors (Lipinski definition) is 2. The third-order valence-electron chi connectivity index (χ3n) is 2.82. The van der Waals surface area contributed by atoms with Crippen LogP contribution in [0.25, 0.3) is 11.1 Å². The molecule has 2 aromatic rings. The number of nitrogens with zero attached hydrogens (tertiary/aromatic N) is 1. The summed E-state index contributed by atoms with van der Waals surface area (Å²) in [4.78, 5) is 0. The van der Waals surface area contributed by atoms with Gasteiger partial charge in [0.25, 0.3) is 0 Å². The molecule has 2 rings (SSSR count). The van der Waals surface area contributed by atoms with Gasteiger partial charge in [0.1, 0.15) is 4.64 Å². The SMILES string of the molecule is Cc1cc(C)c(-c2cn[nH]c(=S)c2)cc1C. The summed E-state index contributed by atoms with van der Waals surface area (Å²) in [6.45, 7) is 6.36. The van der Waals surface area contributed by atoms with E-state index in [1.165, 1.54) is 22.3 Å². The van der Waals surface area contributed by atoms with Crippen molar-refractivity contribution in [3.8, 4) is 11.1 Å². The molecular formula is C13H14N2S. The van der Waals surface area contributed by atoms with Crippen molar-refractivity contribution in [2.75, 3.05) is 0 Å². The fraction of sp³-hybridized carbons (Fsp3) is 0.231. The van der Waals surface area contributed by atoms with E-state index in [1.54, 1.807) is 0 Å². The first-order chi connectivity index (χ1) is 7.58. The lowest BCUT2D eigenvalue weighted by atomic mass is 9.97. The van der Waals surface area contributed by atoms with Crippen LogP contribution < -0.4 is 0 Å². The first-order valence-corrected chi connectivity index (χ1v) is 5.61. The van der Waals surface area contributed by atoms with Crippen LogP contribution in [0.2, 0.25) is 0 Å². The van der Waals surface area contributed by atoms with Gasteiger partial charge in [-0.05, 0) is 49.1 Å². The molecule has 0 aliphatic rings. The molecule has 0 unspecified atom stereocenters. The van der Waals surface area contributed by atoms with Crippen molar-refractivity contribution in [3.05, 3.63) is 45.7 Å². The van der Waals surface area contributed by atoms with Crippen LogP contribution in [0.4, 0.5) is 0 Å². The van der Waals surface area contributed by atoms with Gasteiger partial charge in [-0.2, -0.15) is 5.10 Å². The highest BCUT2D eigenvalue weighted by Gasteiger charge is 2.04. The minimum absolute atomic E-state index is 0.662. The van der Waals surface area contributed by atoms with E-state index in [4.69, 9.17) is 12.2 Å². The molecule has 1 aromatic heterocycles. The highest BCUT2D eigenvalue weighted by Crippen LogP contribution is 2.25. The standard InChI is InChI=1S/C13H14N2S/c1-8-4-10(3)12(5-9(8)2)11-6-13(16)15-14-7-11/h4-7H,1-3H3,(H,15,16). The second-order valence-electron chi connectivity index (χ2n) is 4.09. The number of aryl methyl sites for hydroxylation is 3. The van der Waals surface area contributed by atoms with Crippen LogP contribution in [0.1, 0.15) is 16.7 Å². The van der Waals surface area contributed by atoms with Crippen LogP contribution in [-0.4, -0.2) is 10.2 Å². The molecule has 16 heavy (non-hydrogen) atoms. The molecule has 0 radical (unpaired) electrons. The Morgan fingerprint density at radius 1 is 1.00 bits per heavy atom. The van der Waals surface area contributed by atoms with Gasteiger partial charge in [0.2, 0.25) is 0 Å². The molecule has 0 spiro atoms. The zero-order valence-electron chi connectivity index (χ0n) is 9.66. The summed E-state index contributed by atoms with van der Waals surface area (Å²) < 4.78 is 0.662. The molecule has 1 N–H and O–H groups in total. The molecule has 0 saturated carbocycles. The minimum Gasteiger partial charge on any atom is -0.268 e. The molecule has 0 fully saturated rings. The Hall–Kier alpha value is -1.48. The van der Waals surface area contributed by atoms with Gasteiger partial charge < -0.3 is 0 Å². The van der Waals surface area contributed by atoms with Gasteiger partial charge in [-0.15, -0.1) is 0 Å². The molecule has 0 amide bonds. The zero-order chi connectivity index (χ0) is 11.7. The largest absolute Gasteiger partial charge is 0.268 e. The Kier molecular flexibility index (Phi) is 2.88. The number of rotatable bonds is 1. The van der Waals surface area contributed by atoms with Gasteiger partial charge in [-0.1, -0.05) is 24.4 Å². The summed E-state index contributed by atoms with van der Waals surface area (Å²) in [5.74, 6) is 0. The highest BCUT2D eigenvalue weighted by atomic mass is 32.1. The average Bonchev–Trinajstić information content (AvgIpc) is 2.23. The maximum atomic E-state index is 5.08. The summed E-state index contributed by atoms with van der Waals surface area (Å²) in [5, 5.41) is 6.78. The van der Waals surface area contributed by atoms with E-state index in [0.717, 1.165) is 5.56 Å². The van der Waals surface area contributed by atoms with Crippen molar-refractivity contribution in [3.63, 3.8) is 0 Å². The quantitative estimate of drug-likeness (QED) is 0.756. The van der Waals surface area contributed by atoms with Gasteiger partial charge in [0.05, 0.1) is 6.20 Å². The topological polar surface area (TPSA) is 28.7 Å². The fourth-order valence-electron chi connectivity index (χ4n) is 1.80. The number of H-pyrrole nitrogens is 1. The molecule has 1 aromatic carbocycles. The Bertz CT molecular complexity index is 585. The Morgan fingerprint density at radius 2 is 1.69 bits per heavy atom. The van der Waals surface area contributed by atoms with Gasteiger partial charge in [-0.3, -0.25) is 5.10 Å². The summed E-state index contributed by atoms with van der Waals surface area (Å²) in [6, 6.07) is 6.33. The van der Waals surface area contributed by atoms with Crippen LogP contribution in [0.5, 0.6) is 0 Å². The van der Waals surface area contributed by atoms with Crippen LogP contribution >= 0.6 is 12.2 Å². The second kappa shape index (κ2) is 4.18. The van der Waals surface area contributed by atoms with E-state index in [-0.39, 0.29) is 0 Å². The summed E-state index contributed by atoms with van der Waals surface area (Å²) >= 11 is 5.08. The van der Waals surface area contributed by atoms with Crippen molar-refractivity contribution >= 4 is 12.2 Å². The smallest absolute Gasteiger partial charge is 0.120 e. The Morgan fingerprint density at radius 3 is 2.38 bits per heavy atom. The summed E-state index contributed by atoms with van der Waals surface area (Å²) in [6.07, 6.45) is 1.81. The van der Waals surface area contributed by atoms with E-state index < -0.39 is 0 Å².